The van der Waals surface area contributed by atoms with Crippen LogP contribution >= 0.6 is 11.6 Å². The second kappa shape index (κ2) is 7.83. The van der Waals surface area contributed by atoms with Crippen LogP contribution in [0, 0.1) is 0 Å². The van der Waals surface area contributed by atoms with Crippen molar-refractivity contribution in [3.05, 3.63) is 39.8 Å². The van der Waals surface area contributed by atoms with Crippen LogP contribution in [0.5, 0.6) is 0 Å². The predicted octanol–water partition coefficient (Wildman–Crippen LogP) is 3.63. The maximum absolute atomic E-state index is 12.7. The highest BCUT2D eigenvalue weighted by atomic mass is 35.5. The molecule has 0 amide bonds. The van der Waals surface area contributed by atoms with Crippen LogP contribution in [0.1, 0.15) is 48.9 Å². The van der Waals surface area contributed by atoms with Gasteiger partial charge in [-0.2, -0.15) is 0 Å². The molecule has 2 aliphatic heterocycles. The van der Waals surface area contributed by atoms with E-state index in [1.807, 2.05) is 6.07 Å². The number of hydrogen-bond donors (Lipinski definition) is 0. The van der Waals surface area contributed by atoms with Crippen LogP contribution in [-0.4, -0.2) is 54.9 Å². The summed E-state index contributed by atoms with van der Waals surface area (Å²) in [5.74, 6) is 1.44. The van der Waals surface area contributed by atoms with E-state index < -0.39 is 15.1 Å². The van der Waals surface area contributed by atoms with Crippen LogP contribution in [0.3, 0.4) is 0 Å². The van der Waals surface area contributed by atoms with E-state index in [-0.39, 0.29) is 11.8 Å². The molecule has 2 aromatic rings. The number of morpholine rings is 1. The van der Waals surface area contributed by atoms with Crippen molar-refractivity contribution in [1.82, 2.24) is 15.0 Å². The summed E-state index contributed by atoms with van der Waals surface area (Å²) in [6, 6.07) is 3.77. The van der Waals surface area contributed by atoms with Crippen molar-refractivity contribution in [2.45, 2.75) is 44.4 Å². The van der Waals surface area contributed by atoms with Crippen LogP contribution in [0.15, 0.2) is 17.7 Å². The molecule has 31 heavy (non-hydrogen) atoms. The maximum Gasteiger partial charge on any atom is 0.162 e. The first kappa shape index (κ1) is 20.8. The molecule has 0 N–H and O–H groups in total. The van der Waals surface area contributed by atoms with Crippen LogP contribution in [0.25, 0.3) is 17.5 Å². The van der Waals surface area contributed by atoms with Crippen molar-refractivity contribution in [2.75, 3.05) is 30.4 Å². The van der Waals surface area contributed by atoms with E-state index in [4.69, 9.17) is 26.3 Å². The quantitative estimate of drug-likeness (QED) is 0.646. The minimum absolute atomic E-state index is 0.137. The lowest BCUT2D eigenvalue weighted by molar-refractivity contribution is 0.0985. The number of halogens is 1. The molecule has 7 nitrogen and oxygen atoms in total. The van der Waals surface area contributed by atoms with Gasteiger partial charge in [0, 0.05) is 30.2 Å². The highest BCUT2D eigenvalue weighted by molar-refractivity contribution is 7.91. The van der Waals surface area contributed by atoms with Crippen molar-refractivity contribution < 1.29 is 13.2 Å². The maximum atomic E-state index is 12.7. The van der Waals surface area contributed by atoms with E-state index in [1.165, 1.54) is 5.57 Å². The average Bonchev–Trinajstić information content (AvgIpc) is 3.27. The Hall–Kier alpha value is -2.03. The van der Waals surface area contributed by atoms with Crippen LogP contribution in [-0.2, 0) is 21.0 Å². The molecule has 2 fully saturated rings. The van der Waals surface area contributed by atoms with Crippen molar-refractivity contribution >= 4 is 33.3 Å². The van der Waals surface area contributed by atoms with Gasteiger partial charge in [-0.3, -0.25) is 0 Å². The Morgan fingerprint density at radius 2 is 2.06 bits per heavy atom. The molecule has 3 aliphatic rings. The van der Waals surface area contributed by atoms with Crippen LogP contribution < -0.4 is 4.90 Å². The van der Waals surface area contributed by atoms with E-state index in [2.05, 4.69) is 29.8 Å². The number of nitrogens with zero attached hydrogens (tertiary/aromatic N) is 4. The molecule has 0 unspecified atom stereocenters. The third kappa shape index (κ3) is 3.85. The van der Waals surface area contributed by atoms with E-state index in [0.29, 0.717) is 49.3 Å². The predicted molar refractivity (Wildman–Crippen MR) is 121 cm³/mol. The Morgan fingerprint density at radius 1 is 1.23 bits per heavy atom. The Labute approximate surface area is 187 Å². The fourth-order valence-corrected chi connectivity index (χ4v) is 6.77. The summed E-state index contributed by atoms with van der Waals surface area (Å²) < 4.78 is 31.0. The van der Waals surface area contributed by atoms with E-state index >= 15 is 0 Å². The van der Waals surface area contributed by atoms with Gasteiger partial charge in [-0.15, -0.1) is 0 Å². The molecule has 1 aliphatic carbocycles. The van der Waals surface area contributed by atoms with Gasteiger partial charge in [0.15, 0.2) is 15.7 Å². The molecule has 164 valence electrons. The standard InChI is InChI=1S/C22H25ClN4O3S/c1-13-8-15-16(10-20(23)24-17(15)9-13)22-25-18(19-4-3-7-31(19,28)29)11-21(26-22)27-5-6-30-12-14(27)2/h8,10-11,14,19H,3-7,9,12H2,1-2H3/t14-,19-/m1/s1. The molecular weight excluding hydrogens is 436 g/mol. The molecule has 0 saturated carbocycles. The lowest BCUT2D eigenvalue weighted by Gasteiger charge is -2.34. The van der Waals surface area contributed by atoms with Crippen molar-refractivity contribution in [2.24, 2.45) is 0 Å². The monoisotopic (exact) mass is 460 g/mol. The van der Waals surface area contributed by atoms with E-state index in [1.54, 1.807) is 6.07 Å². The van der Waals surface area contributed by atoms with Gasteiger partial charge < -0.3 is 9.64 Å². The second-order valence-corrected chi connectivity index (χ2v) is 11.3. The molecule has 2 saturated heterocycles. The summed E-state index contributed by atoms with van der Waals surface area (Å²) in [5.41, 5.74) is 4.43. The number of aromatic nitrogens is 3. The summed E-state index contributed by atoms with van der Waals surface area (Å²) in [4.78, 5) is 16.3. The Bertz CT molecular complexity index is 1180. The molecule has 9 heteroatoms. The Kier molecular flexibility index (Phi) is 5.27. The van der Waals surface area contributed by atoms with Gasteiger partial charge in [-0.25, -0.2) is 23.4 Å². The molecule has 2 atom stereocenters. The van der Waals surface area contributed by atoms with Crippen molar-refractivity contribution in [3.63, 3.8) is 0 Å². The first-order valence-electron chi connectivity index (χ1n) is 10.6. The summed E-state index contributed by atoms with van der Waals surface area (Å²) in [6.07, 6.45) is 4.08. The van der Waals surface area contributed by atoms with Crippen LogP contribution in [0.2, 0.25) is 5.15 Å². The van der Waals surface area contributed by atoms with Gasteiger partial charge in [-0.05, 0) is 32.8 Å². The van der Waals surface area contributed by atoms with Gasteiger partial charge in [0.25, 0.3) is 0 Å². The first-order valence-corrected chi connectivity index (χ1v) is 12.7. The zero-order chi connectivity index (χ0) is 21.8. The largest absolute Gasteiger partial charge is 0.377 e. The number of pyridine rings is 1. The van der Waals surface area contributed by atoms with Crippen molar-refractivity contribution in [1.29, 1.82) is 0 Å². The third-order valence-electron chi connectivity index (χ3n) is 6.24. The highest BCUT2D eigenvalue weighted by Gasteiger charge is 2.35. The Balaban J connectivity index is 1.69. The summed E-state index contributed by atoms with van der Waals surface area (Å²) in [7, 11) is -3.21. The molecule has 0 bridgehead atoms. The lowest BCUT2D eigenvalue weighted by atomic mass is 10.1. The molecule has 0 radical (unpaired) electrons. The third-order valence-corrected chi connectivity index (χ3v) is 8.63. The molecule has 0 aromatic carbocycles. The normalized spacial score (nSPS) is 24.9. The van der Waals surface area contributed by atoms with Gasteiger partial charge in [-0.1, -0.05) is 23.3 Å². The fraction of sp³-hybridized carbons (Fsp3) is 0.500. The molecule has 5 rings (SSSR count). The lowest BCUT2D eigenvalue weighted by Crippen LogP contribution is -2.44. The summed E-state index contributed by atoms with van der Waals surface area (Å²) in [5, 5.41) is -0.201. The number of rotatable bonds is 3. The van der Waals surface area contributed by atoms with Gasteiger partial charge in [0.05, 0.1) is 36.4 Å². The second-order valence-electron chi connectivity index (χ2n) is 8.61. The van der Waals surface area contributed by atoms with Gasteiger partial charge >= 0.3 is 0 Å². The smallest absolute Gasteiger partial charge is 0.162 e. The first-order chi connectivity index (χ1) is 14.8. The topological polar surface area (TPSA) is 85.3 Å². The Morgan fingerprint density at radius 3 is 2.81 bits per heavy atom. The number of ether oxygens (including phenoxy) is 1. The van der Waals surface area contributed by atoms with Crippen molar-refractivity contribution in [3.8, 4) is 11.4 Å². The minimum atomic E-state index is -3.21. The zero-order valence-corrected chi connectivity index (χ0v) is 19.2. The SMILES string of the molecule is CC1=Cc2c(-c3nc([C@H]4CCCS4(=O)=O)cc(N4CCOC[C@H]4C)n3)cc(Cl)nc2C1. The molecule has 0 spiro atoms. The number of hydrogen-bond acceptors (Lipinski definition) is 7. The number of sulfone groups is 1. The number of anilines is 1. The number of fused-ring (bicyclic) bond motifs is 1. The van der Waals surface area contributed by atoms with E-state index in [0.717, 1.165) is 29.1 Å². The molecule has 4 heterocycles. The van der Waals surface area contributed by atoms with Gasteiger partial charge in [0.1, 0.15) is 16.2 Å². The van der Waals surface area contributed by atoms with Crippen LogP contribution in [0.4, 0.5) is 5.82 Å². The van der Waals surface area contributed by atoms with Gasteiger partial charge in [0.2, 0.25) is 0 Å². The number of allylic oxidation sites excluding steroid dienone is 1. The summed E-state index contributed by atoms with van der Waals surface area (Å²) >= 11 is 6.34. The summed E-state index contributed by atoms with van der Waals surface area (Å²) in [6.45, 7) is 6.05. The minimum Gasteiger partial charge on any atom is -0.377 e. The van der Waals surface area contributed by atoms with E-state index in [9.17, 15) is 8.42 Å². The fourth-order valence-electron chi connectivity index (χ4n) is 4.69. The zero-order valence-electron chi connectivity index (χ0n) is 17.6. The molecular formula is C22H25ClN4O3S. The average molecular weight is 461 g/mol. The highest BCUT2D eigenvalue weighted by Crippen LogP contribution is 2.38. The molecule has 2 aromatic heterocycles.